The Balaban J connectivity index is 1.85. The number of rotatable bonds is 3. The molecule has 0 saturated carbocycles. The molecule has 3 aromatic rings. The summed E-state index contributed by atoms with van der Waals surface area (Å²) in [5.74, 6) is -0.200. The molecular formula is C31H30N2O2. The molecule has 4 nitrogen and oxygen atoms in total. The number of hydrogen-bond acceptors (Lipinski definition) is 3. The number of nitrogens with zero attached hydrogens (tertiary/aromatic N) is 1. The molecule has 1 heterocycles. The van der Waals surface area contributed by atoms with E-state index in [1.54, 1.807) is 0 Å². The largest absolute Gasteiger partial charge is 0.507 e. The number of aliphatic hydroxyl groups excluding tert-OH is 1. The molecule has 0 aromatic heterocycles. The number of anilines is 1. The summed E-state index contributed by atoms with van der Waals surface area (Å²) in [5.41, 5.74) is 5.25. The first-order valence-electron chi connectivity index (χ1n) is 12.0. The lowest BCUT2D eigenvalue weighted by Gasteiger charge is -2.45. The third-order valence-corrected chi connectivity index (χ3v) is 6.95. The Kier molecular flexibility index (Phi) is 5.68. The van der Waals surface area contributed by atoms with Crippen molar-refractivity contribution in [3.05, 3.63) is 118 Å². The maximum atomic E-state index is 13.8. The highest BCUT2D eigenvalue weighted by atomic mass is 16.3. The summed E-state index contributed by atoms with van der Waals surface area (Å²) in [5, 5.41) is 21.0. The van der Waals surface area contributed by atoms with Gasteiger partial charge in [0.2, 0.25) is 0 Å². The molecule has 0 spiro atoms. The van der Waals surface area contributed by atoms with E-state index in [0.717, 1.165) is 22.5 Å². The molecule has 0 fully saturated rings. The van der Waals surface area contributed by atoms with Crippen LogP contribution in [0.2, 0.25) is 0 Å². The van der Waals surface area contributed by atoms with Crippen LogP contribution in [0.15, 0.2) is 102 Å². The van der Waals surface area contributed by atoms with Crippen molar-refractivity contribution in [2.75, 3.05) is 4.90 Å². The zero-order valence-electron chi connectivity index (χ0n) is 20.4. The second kappa shape index (κ2) is 8.70. The highest BCUT2D eigenvalue weighted by Crippen LogP contribution is 2.51. The van der Waals surface area contributed by atoms with E-state index in [-0.39, 0.29) is 22.8 Å². The van der Waals surface area contributed by atoms with Crippen LogP contribution in [-0.2, 0) is 4.79 Å². The van der Waals surface area contributed by atoms with Crippen molar-refractivity contribution in [3.63, 3.8) is 0 Å². The Morgan fingerprint density at radius 3 is 2.14 bits per heavy atom. The molecule has 0 saturated heterocycles. The average Bonchev–Trinajstić information content (AvgIpc) is 2.84. The van der Waals surface area contributed by atoms with Crippen LogP contribution in [0, 0.1) is 17.7 Å². The maximum Gasteiger partial charge on any atom is 0.162 e. The van der Waals surface area contributed by atoms with Crippen molar-refractivity contribution in [3.8, 4) is 0 Å². The number of nitrogens with one attached hydrogen (secondary N) is 1. The highest BCUT2D eigenvalue weighted by molar-refractivity contribution is 6.19. The Labute approximate surface area is 206 Å². The molecule has 0 radical (unpaired) electrons. The molecule has 1 atom stereocenters. The van der Waals surface area contributed by atoms with E-state index in [4.69, 9.17) is 0 Å². The van der Waals surface area contributed by atoms with Gasteiger partial charge in [0.25, 0.3) is 0 Å². The van der Waals surface area contributed by atoms with Crippen LogP contribution < -0.4 is 4.90 Å². The van der Waals surface area contributed by atoms with Crippen LogP contribution in [0.5, 0.6) is 0 Å². The standard InChI is InChI=1S/C31H30N2O2/c1-20-14-16-21(17-15-20)26-27-24(18-31(2,3)19-25(27)34)33(23-12-8-5-9-13-23)30(32)28(26)29(35)22-10-6-4-7-11-22/h4-17,26,32,35H,18-19H2,1-3H3/t26-/m1/s1. The molecular weight excluding hydrogens is 432 g/mol. The van der Waals surface area contributed by atoms with E-state index in [1.807, 2.05) is 96.8 Å². The Hall–Kier alpha value is -3.92. The topological polar surface area (TPSA) is 64.4 Å². The summed E-state index contributed by atoms with van der Waals surface area (Å²) in [6, 6.07) is 27.1. The van der Waals surface area contributed by atoms with Crippen LogP contribution in [0.1, 0.15) is 49.3 Å². The predicted octanol–water partition coefficient (Wildman–Crippen LogP) is 7.19. The summed E-state index contributed by atoms with van der Waals surface area (Å²) in [4.78, 5) is 15.7. The number of para-hydroxylation sites is 1. The van der Waals surface area contributed by atoms with Gasteiger partial charge < -0.3 is 5.11 Å². The fraction of sp³-hybridized carbons (Fsp3) is 0.226. The summed E-state index contributed by atoms with van der Waals surface area (Å²) >= 11 is 0. The third kappa shape index (κ3) is 4.10. The lowest BCUT2D eigenvalue weighted by Crippen LogP contribution is -2.45. The molecule has 4 heteroatoms. The molecule has 3 aromatic carbocycles. The van der Waals surface area contributed by atoms with Crippen molar-refractivity contribution in [2.45, 2.75) is 39.5 Å². The number of allylic oxidation sites excluding steroid dienone is 2. The summed E-state index contributed by atoms with van der Waals surface area (Å²) in [6.07, 6.45) is 1.11. The summed E-state index contributed by atoms with van der Waals surface area (Å²) < 4.78 is 0. The number of aryl methyl sites for hydroxylation is 1. The number of aliphatic hydroxyl groups is 1. The molecule has 2 N–H and O–H groups in total. The van der Waals surface area contributed by atoms with Crippen molar-refractivity contribution in [1.82, 2.24) is 0 Å². The monoisotopic (exact) mass is 462 g/mol. The third-order valence-electron chi connectivity index (χ3n) is 6.95. The molecule has 0 amide bonds. The second-order valence-corrected chi connectivity index (χ2v) is 10.3. The van der Waals surface area contributed by atoms with Gasteiger partial charge in [0.05, 0.1) is 0 Å². The van der Waals surface area contributed by atoms with Gasteiger partial charge in [-0.15, -0.1) is 0 Å². The normalized spacial score (nSPS) is 21.1. The number of carbonyl (C=O) groups is 1. The molecule has 0 unspecified atom stereocenters. The van der Waals surface area contributed by atoms with Crippen LogP contribution in [0.25, 0.3) is 5.76 Å². The summed E-state index contributed by atoms with van der Waals surface area (Å²) in [7, 11) is 0. The molecule has 35 heavy (non-hydrogen) atoms. The fourth-order valence-electron chi connectivity index (χ4n) is 5.32. The van der Waals surface area contributed by atoms with Gasteiger partial charge in [-0.2, -0.15) is 0 Å². The number of benzene rings is 3. The van der Waals surface area contributed by atoms with Crippen molar-refractivity contribution in [1.29, 1.82) is 5.41 Å². The van der Waals surface area contributed by atoms with E-state index < -0.39 is 5.92 Å². The number of amidine groups is 1. The van der Waals surface area contributed by atoms with Gasteiger partial charge in [-0.05, 0) is 36.5 Å². The second-order valence-electron chi connectivity index (χ2n) is 10.3. The van der Waals surface area contributed by atoms with Crippen molar-refractivity contribution < 1.29 is 9.90 Å². The van der Waals surface area contributed by atoms with E-state index in [0.29, 0.717) is 29.6 Å². The fourth-order valence-corrected chi connectivity index (χ4v) is 5.32. The SMILES string of the molecule is Cc1ccc([C@H]2C(=C(O)c3ccccc3)C(=N)N(c3ccccc3)C3=C2C(=O)CC(C)(C)C3)cc1. The van der Waals surface area contributed by atoms with E-state index in [1.165, 1.54) is 0 Å². The first-order valence-corrected chi connectivity index (χ1v) is 12.0. The quantitative estimate of drug-likeness (QED) is 0.405. The van der Waals surface area contributed by atoms with Crippen LogP contribution in [0.4, 0.5) is 5.69 Å². The van der Waals surface area contributed by atoms with Gasteiger partial charge in [0.15, 0.2) is 5.78 Å². The number of carbonyl (C=O) groups excluding carboxylic acids is 1. The lowest BCUT2D eigenvalue weighted by molar-refractivity contribution is -0.118. The lowest BCUT2D eigenvalue weighted by atomic mass is 9.67. The first-order chi connectivity index (χ1) is 16.8. The highest BCUT2D eigenvalue weighted by Gasteiger charge is 2.46. The van der Waals surface area contributed by atoms with Gasteiger partial charge in [-0.1, -0.05) is 92.2 Å². The van der Waals surface area contributed by atoms with Gasteiger partial charge in [0.1, 0.15) is 11.6 Å². The number of Topliss-reactive ketones (excluding diaryl/α,β-unsaturated/α-hetero) is 1. The first kappa shape index (κ1) is 22.9. The van der Waals surface area contributed by atoms with Crippen molar-refractivity contribution in [2.24, 2.45) is 5.41 Å². The molecule has 2 aliphatic rings. The minimum absolute atomic E-state index is 0.0336. The Bertz CT molecular complexity index is 1350. The Morgan fingerprint density at radius 2 is 1.51 bits per heavy atom. The molecule has 1 aliphatic carbocycles. The molecule has 1 aliphatic heterocycles. The zero-order chi connectivity index (χ0) is 24.7. The maximum absolute atomic E-state index is 13.8. The smallest absolute Gasteiger partial charge is 0.162 e. The minimum atomic E-state index is -0.512. The average molecular weight is 463 g/mol. The van der Waals surface area contributed by atoms with Crippen LogP contribution >= 0.6 is 0 Å². The van der Waals surface area contributed by atoms with E-state index >= 15 is 0 Å². The predicted molar refractivity (Wildman–Crippen MR) is 142 cm³/mol. The molecule has 5 rings (SSSR count). The number of hydrogen-bond donors (Lipinski definition) is 2. The molecule has 176 valence electrons. The summed E-state index contributed by atoms with van der Waals surface area (Å²) in [6.45, 7) is 6.24. The van der Waals surface area contributed by atoms with Crippen molar-refractivity contribution >= 4 is 23.1 Å². The van der Waals surface area contributed by atoms with Crippen LogP contribution in [-0.4, -0.2) is 16.7 Å². The number of ketones is 1. The minimum Gasteiger partial charge on any atom is -0.507 e. The van der Waals surface area contributed by atoms with Gasteiger partial charge in [0, 0.05) is 40.4 Å². The van der Waals surface area contributed by atoms with Gasteiger partial charge in [-0.3, -0.25) is 15.1 Å². The zero-order valence-corrected chi connectivity index (χ0v) is 20.4. The van der Waals surface area contributed by atoms with Crippen LogP contribution in [0.3, 0.4) is 0 Å². The van der Waals surface area contributed by atoms with Gasteiger partial charge >= 0.3 is 0 Å². The molecule has 0 bridgehead atoms. The van der Waals surface area contributed by atoms with Gasteiger partial charge in [-0.25, -0.2) is 0 Å². The van der Waals surface area contributed by atoms with E-state index in [9.17, 15) is 15.3 Å². The van der Waals surface area contributed by atoms with E-state index in [2.05, 4.69) is 13.8 Å². The Morgan fingerprint density at radius 1 is 0.914 bits per heavy atom.